The van der Waals surface area contributed by atoms with E-state index in [-0.39, 0.29) is 16.6 Å². The minimum atomic E-state index is -3.25. The molecule has 0 unspecified atom stereocenters. The van der Waals surface area contributed by atoms with E-state index in [1.807, 2.05) is 0 Å². The summed E-state index contributed by atoms with van der Waals surface area (Å²) >= 11 is 0. The molecule has 25 heavy (non-hydrogen) atoms. The molecule has 1 heterocycles. The fraction of sp³-hybridized carbons (Fsp3) is 0.278. The lowest BCUT2D eigenvalue weighted by molar-refractivity contribution is 0.102. The summed E-state index contributed by atoms with van der Waals surface area (Å²) in [4.78, 5) is 12.6. The molecule has 2 aromatic rings. The van der Waals surface area contributed by atoms with Crippen molar-refractivity contribution in [3.05, 3.63) is 48.0 Å². The standard InChI is InChI=1S/C18H19NO5S/c1-2-25(21,22)15-7-5-14(6-8-15)19-18(20)13-4-9-16-17(12-13)24-11-3-10-23-16/h4-9,12H,2-3,10-11H2,1H3,(H,19,20). The molecule has 0 aromatic heterocycles. The summed E-state index contributed by atoms with van der Waals surface area (Å²) in [5.41, 5.74) is 0.960. The number of carbonyl (C=O) groups excluding carboxylic acids is 1. The van der Waals surface area contributed by atoms with Gasteiger partial charge in [-0.15, -0.1) is 0 Å². The fourth-order valence-corrected chi connectivity index (χ4v) is 3.30. The molecular weight excluding hydrogens is 342 g/mol. The molecule has 7 heteroatoms. The van der Waals surface area contributed by atoms with Gasteiger partial charge in [0.1, 0.15) is 0 Å². The zero-order valence-electron chi connectivity index (χ0n) is 13.8. The first-order valence-electron chi connectivity index (χ1n) is 8.03. The van der Waals surface area contributed by atoms with Crippen LogP contribution in [0.5, 0.6) is 11.5 Å². The Morgan fingerprint density at radius 1 is 1.04 bits per heavy atom. The second kappa shape index (κ2) is 7.14. The van der Waals surface area contributed by atoms with Gasteiger partial charge in [-0.3, -0.25) is 4.79 Å². The molecule has 1 aliphatic rings. The Morgan fingerprint density at radius 2 is 1.72 bits per heavy atom. The van der Waals surface area contributed by atoms with E-state index in [1.165, 1.54) is 12.1 Å². The van der Waals surface area contributed by atoms with Gasteiger partial charge in [0.2, 0.25) is 0 Å². The zero-order chi connectivity index (χ0) is 17.9. The zero-order valence-corrected chi connectivity index (χ0v) is 14.6. The third kappa shape index (κ3) is 3.93. The maximum Gasteiger partial charge on any atom is 0.255 e. The Bertz CT molecular complexity index is 875. The van der Waals surface area contributed by atoms with Gasteiger partial charge in [-0.05, 0) is 42.5 Å². The van der Waals surface area contributed by atoms with E-state index in [4.69, 9.17) is 9.47 Å². The van der Waals surface area contributed by atoms with Crippen LogP contribution < -0.4 is 14.8 Å². The van der Waals surface area contributed by atoms with Gasteiger partial charge < -0.3 is 14.8 Å². The smallest absolute Gasteiger partial charge is 0.255 e. The second-order valence-corrected chi connectivity index (χ2v) is 7.87. The minimum Gasteiger partial charge on any atom is -0.490 e. The maximum absolute atomic E-state index is 12.4. The number of ether oxygens (including phenoxy) is 2. The molecule has 0 fully saturated rings. The van der Waals surface area contributed by atoms with Crippen molar-refractivity contribution in [3.63, 3.8) is 0 Å². The van der Waals surface area contributed by atoms with E-state index in [1.54, 1.807) is 37.3 Å². The lowest BCUT2D eigenvalue weighted by Crippen LogP contribution is -2.12. The van der Waals surface area contributed by atoms with Crippen LogP contribution in [-0.4, -0.2) is 33.3 Å². The highest BCUT2D eigenvalue weighted by Crippen LogP contribution is 2.30. The van der Waals surface area contributed by atoms with E-state index in [0.717, 1.165) is 6.42 Å². The monoisotopic (exact) mass is 361 g/mol. The number of sulfone groups is 1. The molecule has 1 N–H and O–H groups in total. The molecule has 3 rings (SSSR count). The van der Waals surface area contributed by atoms with Crippen LogP contribution >= 0.6 is 0 Å². The van der Waals surface area contributed by atoms with E-state index < -0.39 is 9.84 Å². The number of anilines is 1. The van der Waals surface area contributed by atoms with Crippen LogP contribution in [0.1, 0.15) is 23.7 Å². The summed E-state index contributed by atoms with van der Waals surface area (Å²) in [6.07, 6.45) is 0.795. The highest BCUT2D eigenvalue weighted by molar-refractivity contribution is 7.91. The molecule has 2 aromatic carbocycles. The van der Waals surface area contributed by atoms with Gasteiger partial charge in [-0.25, -0.2) is 8.42 Å². The summed E-state index contributed by atoms with van der Waals surface area (Å²) < 4.78 is 34.7. The molecule has 1 aliphatic heterocycles. The topological polar surface area (TPSA) is 81.7 Å². The van der Waals surface area contributed by atoms with Crippen LogP contribution in [-0.2, 0) is 9.84 Å². The molecule has 0 saturated carbocycles. The van der Waals surface area contributed by atoms with Crippen molar-refractivity contribution in [1.29, 1.82) is 0 Å². The first-order chi connectivity index (χ1) is 12.0. The van der Waals surface area contributed by atoms with Crippen LogP contribution in [0.3, 0.4) is 0 Å². The van der Waals surface area contributed by atoms with Crippen molar-refractivity contribution in [2.75, 3.05) is 24.3 Å². The lowest BCUT2D eigenvalue weighted by atomic mass is 10.2. The predicted octanol–water partition coefficient (Wildman–Crippen LogP) is 2.89. The Kier molecular flexibility index (Phi) is 4.94. The van der Waals surface area contributed by atoms with Gasteiger partial charge >= 0.3 is 0 Å². The van der Waals surface area contributed by atoms with Gasteiger partial charge in [0.05, 0.1) is 23.9 Å². The predicted molar refractivity (Wildman–Crippen MR) is 94.2 cm³/mol. The van der Waals surface area contributed by atoms with Gasteiger partial charge in [0.25, 0.3) is 5.91 Å². The van der Waals surface area contributed by atoms with Crippen molar-refractivity contribution >= 4 is 21.4 Å². The SMILES string of the molecule is CCS(=O)(=O)c1ccc(NC(=O)c2ccc3c(c2)OCCCO3)cc1. The molecule has 132 valence electrons. The van der Waals surface area contributed by atoms with Crippen molar-refractivity contribution in [1.82, 2.24) is 0 Å². The summed E-state index contributed by atoms with van der Waals surface area (Å²) in [5, 5.41) is 2.75. The molecule has 0 aliphatic carbocycles. The number of hydrogen-bond donors (Lipinski definition) is 1. The summed E-state index contributed by atoms with van der Waals surface area (Å²) in [6.45, 7) is 2.73. The first-order valence-corrected chi connectivity index (χ1v) is 9.68. The molecule has 6 nitrogen and oxygen atoms in total. The van der Waals surface area contributed by atoms with E-state index in [2.05, 4.69) is 5.32 Å². The number of carbonyl (C=O) groups is 1. The van der Waals surface area contributed by atoms with Crippen LogP contribution in [0.25, 0.3) is 0 Å². The Morgan fingerprint density at radius 3 is 2.40 bits per heavy atom. The van der Waals surface area contributed by atoms with Crippen molar-refractivity contribution in [2.45, 2.75) is 18.2 Å². The van der Waals surface area contributed by atoms with Crippen LogP contribution in [0.2, 0.25) is 0 Å². The largest absolute Gasteiger partial charge is 0.490 e. The number of rotatable bonds is 4. The van der Waals surface area contributed by atoms with Crippen molar-refractivity contribution in [2.24, 2.45) is 0 Å². The average Bonchev–Trinajstić information content (AvgIpc) is 2.86. The highest BCUT2D eigenvalue weighted by Gasteiger charge is 2.15. The van der Waals surface area contributed by atoms with E-state index >= 15 is 0 Å². The molecule has 0 radical (unpaired) electrons. The van der Waals surface area contributed by atoms with Gasteiger partial charge in [0.15, 0.2) is 21.3 Å². The molecule has 0 bridgehead atoms. The van der Waals surface area contributed by atoms with E-state index in [0.29, 0.717) is 36.0 Å². The summed E-state index contributed by atoms with van der Waals surface area (Å²) in [6, 6.07) is 11.1. The molecular formula is C18H19NO5S. The number of fused-ring (bicyclic) bond motifs is 1. The summed E-state index contributed by atoms with van der Waals surface area (Å²) in [5.74, 6) is 0.912. The minimum absolute atomic E-state index is 0.0376. The van der Waals surface area contributed by atoms with E-state index in [9.17, 15) is 13.2 Å². The van der Waals surface area contributed by atoms with Crippen LogP contribution in [0.4, 0.5) is 5.69 Å². The van der Waals surface area contributed by atoms with Crippen molar-refractivity contribution < 1.29 is 22.7 Å². The van der Waals surface area contributed by atoms with Gasteiger partial charge in [0, 0.05) is 17.7 Å². The Hall–Kier alpha value is -2.54. The molecule has 0 saturated heterocycles. The maximum atomic E-state index is 12.4. The molecule has 1 amide bonds. The number of nitrogens with one attached hydrogen (secondary N) is 1. The highest BCUT2D eigenvalue weighted by atomic mass is 32.2. The van der Waals surface area contributed by atoms with Gasteiger partial charge in [-0.1, -0.05) is 6.92 Å². The number of hydrogen-bond acceptors (Lipinski definition) is 5. The Balaban J connectivity index is 1.75. The van der Waals surface area contributed by atoms with Crippen LogP contribution in [0, 0.1) is 0 Å². The Labute approximate surface area is 146 Å². The van der Waals surface area contributed by atoms with Gasteiger partial charge in [-0.2, -0.15) is 0 Å². The first kappa shape index (κ1) is 17.3. The lowest BCUT2D eigenvalue weighted by Gasteiger charge is -2.10. The van der Waals surface area contributed by atoms with Crippen molar-refractivity contribution in [3.8, 4) is 11.5 Å². The number of amides is 1. The normalized spacial score (nSPS) is 13.8. The quantitative estimate of drug-likeness (QED) is 0.905. The number of benzene rings is 2. The fourth-order valence-electron chi connectivity index (χ4n) is 2.42. The third-order valence-electron chi connectivity index (χ3n) is 3.86. The molecule has 0 atom stereocenters. The summed E-state index contributed by atoms with van der Waals surface area (Å²) in [7, 11) is -3.25. The third-order valence-corrected chi connectivity index (χ3v) is 5.61. The molecule has 0 spiro atoms. The second-order valence-electron chi connectivity index (χ2n) is 5.59. The van der Waals surface area contributed by atoms with Crippen LogP contribution in [0.15, 0.2) is 47.4 Å². The average molecular weight is 361 g/mol.